The quantitative estimate of drug-likeness (QED) is 0.800. The van der Waals surface area contributed by atoms with Crippen molar-refractivity contribution in [2.45, 2.75) is 26.2 Å². The van der Waals surface area contributed by atoms with Gasteiger partial charge < -0.3 is 15.0 Å². The van der Waals surface area contributed by atoms with Crippen LogP contribution in [0.15, 0.2) is 12.4 Å². The molecule has 20 heavy (non-hydrogen) atoms. The Morgan fingerprint density at radius 1 is 1.30 bits per heavy atom. The van der Waals surface area contributed by atoms with E-state index >= 15 is 0 Å². The summed E-state index contributed by atoms with van der Waals surface area (Å²) in [5.41, 5.74) is 0.533. The molecule has 110 valence electrons. The zero-order chi connectivity index (χ0) is 14.2. The molecular weight excluding hydrogens is 256 g/mol. The second-order valence-electron chi connectivity index (χ2n) is 4.83. The van der Waals surface area contributed by atoms with Crippen molar-refractivity contribution in [1.29, 1.82) is 0 Å². The van der Waals surface area contributed by atoms with Gasteiger partial charge in [0, 0.05) is 32.0 Å². The highest BCUT2D eigenvalue weighted by atomic mass is 16.5. The zero-order valence-corrected chi connectivity index (χ0v) is 12.0. The van der Waals surface area contributed by atoms with Crippen LogP contribution in [0.25, 0.3) is 0 Å². The Kier molecular flexibility index (Phi) is 5.73. The van der Waals surface area contributed by atoms with Gasteiger partial charge in [-0.2, -0.15) is 0 Å². The Balaban J connectivity index is 1.85. The lowest BCUT2D eigenvalue weighted by atomic mass is 10.2. The monoisotopic (exact) mass is 278 g/mol. The molecule has 0 saturated carbocycles. The molecule has 0 bridgehead atoms. The van der Waals surface area contributed by atoms with Crippen molar-refractivity contribution in [3.63, 3.8) is 0 Å². The van der Waals surface area contributed by atoms with Crippen LogP contribution in [-0.4, -0.2) is 53.6 Å². The number of carbonyl (C=O) groups is 1. The Morgan fingerprint density at radius 3 is 2.65 bits per heavy atom. The molecule has 1 N–H and O–H groups in total. The molecule has 0 aliphatic carbocycles. The summed E-state index contributed by atoms with van der Waals surface area (Å²) >= 11 is 0. The average Bonchev–Trinajstić information content (AvgIpc) is 2.52. The third-order valence-electron chi connectivity index (χ3n) is 3.26. The number of rotatable bonds is 6. The van der Waals surface area contributed by atoms with Gasteiger partial charge in [0.25, 0.3) is 5.91 Å². The molecule has 0 unspecified atom stereocenters. The van der Waals surface area contributed by atoms with Crippen molar-refractivity contribution in [1.82, 2.24) is 14.9 Å². The van der Waals surface area contributed by atoms with Gasteiger partial charge in [-0.1, -0.05) is 19.8 Å². The fourth-order valence-corrected chi connectivity index (χ4v) is 2.05. The number of aromatic nitrogens is 2. The van der Waals surface area contributed by atoms with Crippen LogP contribution < -0.4 is 5.32 Å². The molecule has 1 aliphatic heterocycles. The maximum absolute atomic E-state index is 12.2. The van der Waals surface area contributed by atoms with Gasteiger partial charge in [-0.3, -0.25) is 4.79 Å². The van der Waals surface area contributed by atoms with Crippen molar-refractivity contribution in [3.05, 3.63) is 18.0 Å². The van der Waals surface area contributed by atoms with Crippen molar-refractivity contribution >= 4 is 11.9 Å². The highest BCUT2D eigenvalue weighted by Crippen LogP contribution is 2.07. The minimum absolute atomic E-state index is 0.0224. The van der Waals surface area contributed by atoms with E-state index in [4.69, 9.17) is 4.74 Å². The van der Waals surface area contributed by atoms with Gasteiger partial charge in [-0.15, -0.1) is 0 Å². The molecule has 6 heteroatoms. The van der Waals surface area contributed by atoms with E-state index in [0.29, 0.717) is 37.8 Å². The average molecular weight is 278 g/mol. The van der Waals surface area contributed by atoms with Gasteiger partial charge >= 0.3 is 0 Å². The Morgan fingerprint density at radius 2 is 2.00 bits per heavy atom. The molecule has 1 aliphatic rings. The van der Waals surface area contributed by atoms with Crippen LogP contribution in [0.3, 0.4) is 0 Å². The first-order valence-corrected chi connectivity index (χ1v) is 7.24. The standard InChI is InChI=1S/C14H22N4O2/c1-2-3-4-5-15-14-16-10-12(11-17-14)13(19)18-6-8-20-9-7-18/h10-11H,2-9H2,1H3,(H,15,16,17). The number of amides is 1. The molecule has 1 saturated heterocycles. The van der Waals surface area contributed by atoms with E-state index in [2.05, 4.69) is 22.2 Å². The Labute approximate surface area is 119 Å². The number of unbranched alkanes of at least 4 members (excludes halogenated alkanes) is 2. The van der Waals surface area contributed by atoms with Gasteiger partial charge in [-0.05, 0) is 6.42 Å². The number of hydrogen-bond donors (Lipinski definition) is 1. The first-order valence-electron chi connectivity index (χ1n) is 7.24. The fraction of sp³-hybridized carbons (Fsp3) is 0.643. The van der Waals surface area contributed by atoms with Gasteiger partial charge in [0.1, 0.15) is 0 Å². The third-order valence-corrected chi connectivity index (χ3v) is 3.26. The first-order chi connectivity index (χ1) is 9.81. The van der Waals surface area contributed by atoms with Crippen molar-refractivity contribution in [3.8, 4) is 0 Å². The van der Waals surface area contributed by atoms with E-state index in [-0.39, 0.29) is 5.91 Å². The van der Waals surface area contributed by atoms with E-state index in [1.807, 2.05) is 0 Å². The van der Waals surface area contributed by atoms with Crippen LogP contribution in [0, 0.1) is 0 Å². The Bertz CT molecular complexity index is 416. The van der Waals surface area contributed by atoms with Crippen LogP contribution in [0.5, 0.6) is 0 Å². The molecule has 0 atom stereocenters. The normalized spacial score (nSPS) is 15.2. The SMILES string of the molecule is CCCCCNc1ncc(C(=O)N2CCOCC2)cn1. The summed E-state index contributed by atoms with van der Waals surface area (Å²) < 4.78 is 5.23. The van der Waals surface area contributed by atoms with Crippen molar-refractivity contribution < 1.29 is 9.53 Å². The van der Waals surface area contributed by atoms with E-state index in [9.17, 15) is 4.79 Å². The lowest BCUT2D eigenvalue weighted by Gasteiger charge is -2.26. The molecule has 1 fully saturated rings. The molecule has 0 radical (unpaired) electrons. The zero-order valence-electron chi connectivity index (χ0n) is 12.0. The van der Waals surface area contributed by atoms with Gasteiger partial charge in [0.2, 0.25) is 5.95 Å². The predicted molar refractivity (Wildman–Crippen MR) is 76.8 cm³/mol. The highest BCUT2D eigenvalue weighted by molar-refractivity contribution is 5.93. The summed E-state index contributed by atoms with van der Waals surface area (Å²) in [6.45, 7) is 5.51. The van der Waals surface area contributed by atoms with E-state index in [1.165, 1.54) is 12.8 Å². The Hall–Kier alpha value is -1.69. The van der Waals surface area contributed by atoms with Crippen LogP contribution in [0.1, 0.15) is 36.5 Å². The minimum atomic E-state index is -0.0224. The van der Waals surface area contributed by atoms with Crippen molar-refractivity contribution in [2.24, 2.45) is 0 Å². The molecule has 2 rings (SSSR count). The summed E-state index contributed by atoms with van der Waals surface area (Å²) in [7, 11) is 0. The van der Waals surface area contributed by atoms with Gasteiger partial charge in [0.15, 0.2) is 0 Å². The maximum atomic E-state index is 12.2. The molecule has 1 aromatic heterocycles. The van der Waals surface area contributed by atoms with Crippen molar-refractivity contribution in [2.75, 3.05) is 38.2 Å². The number of carbonyl (C=O) groups excluding carboxylic acids is 1. The molecule has 2 heterocycles. The lowest BCUT2D eigenvalue weighted by molar-refractivity contribution is 0.0302. The van der Waals surface area contributed by atoms with E-state index < -0.39 is 0 Å². The largest absolute Gasteiger partial charge is 0.378 e. The topological polar surface area (TPSA) is 67.4 Å². The fourth-order valence-electron chi connectivity index (χ4n) is 2.05. The molecule has 0 spiro atoms. The number of ether oxygens (including phenoxy) is 1. The van der Waals surface area contributed by atoms with Crippen LogP contribution in [0.4, 0.5) is 5.95 Å². The summed E-state index contributed by atoms with van der Waals surface area (Å²) in [6.07, 6.45) is 6.67. The van der Waals surface area contributed by atoms with E-state index in [1.54, 1.807) is 17.3 Å². The number of hydrogen-bond acceptors (Lipinski definition) is 5. The van der Waals surface area contributed by atoms with Crippen LogP contribution in [-0.2, 0) is 4.74 Å². The van der Waals surface area contributed by atoms with Gasteiger partial charge in [-0.25, -0.2) is 9.97 Å². The van der Waals surface area contributed by atoms with Gasteiger partial charge in [0.05, 0.1) is 18.8 Å². The number of nitrogens with one attached hydrogen (secondary N) is 1. The molecule has 1 aromatic rings. The highest BCUT2D eigenvalue weighted by Gasteiger charge is 2.18. The van der Waals surface area contributed by atoms with E-state index in [0.717, 1.165) is 13.0 Å². The third kappa shape index (κ3) is 4.16. The number of morpholine rings is 1. The molecule has 1 amide bonds. The summed E-state index contributed by atoms with van der Waals surface area (Å²) in [6, 6.07) is 0. The number of anilines is 1. The molecule has 0 aromatic carbocycles. The first kappa shape index (κ1) is 14.7. The number of nitrogens with zero attached hydrogens (tertiary/aromatic N) is 3. The summed E-state index contributed by atoms with van der Waals surface area (Å²) in [5.74, 6) is 0.561. The second kappa shape index (κ2) is 7.79. The minimum Gasteiger partial charge on any atom is -0.378 e. The van der Waals surface area contributed by atoms with Crippen LogP contribution in [0.2, 0.25) is 0 Å². The second-order valence-corrected chi connectivity index (χ2v) is 4.83. The summed E-state index contributed by atoms with van der Waals surface area (Å²) in [5, 5.41) is 3.16. The van der Waals surface area contributed by atoms with Crippen LogP contribution >= 0.6 is 0 Å². The summed E-state index contributed by atoms with van der Waals surface area (Å²) in [4.78, 5) is 22.3. The lowest BCUT2D eigenvalue weighted by Crippen LogP contribution is -2.40. The maximum Gasteiger partial charge on any atom is 0.257 e. The molecular formula is C14H22N4O2. The predicted octanol–water partition coefficient (Wildman–Crippen LogP) is 1.55. The smallest absolute Gasteiger partial charge is 0.257 e. The molecule has 6 nitrogen and oxygen atoms in total.